The van der Waals surface area contributed by atoms with Crippen LogP contribution in [-0.2, 0) is 10.0 Å². The Balaban J connectivity index is 1.88. The largest absolute Gasteiger partial charge is 0.316 e. The van der Waals surface area contributed by atoms with Crippen LogP contribution in [0.25, 0.3) is 0 Å². The lowest BCUT2D eigenvalue weighted by Gasteiger charge is -2.18. The van der Waals surface area contributed by atoms with Crippen molar-refractivity contribution in [3.05, 3.63) is 29.3 Å². The average Bonchev–Trinajstić information content (AvgIpc) is 2.93. The fourth-order valence-electron chi connectivity index (χ4n) is 3.03. The first-order chi connectivity index (χ1) is 8.98. The topological polar surface area (TPSA) is 49.4 Å². The monoisotopic (exact) mass is 280 g/mol. The maximum Gasteiger partial charge on any atom is 0.243 e. The van der Waals surface area contributed by atoms with Crippen molar-refractivity contribution in [3.63, 3.8) is 0 Å². The Bertz CT molecular complexity index is 585. The molecule has 2 fully saturated rings. The number of aryl methyl sites for hydroxylation is 2. The molecule has 0 saturated carbocycles. The lowest BCUT2D eigenvalue weighted by Crippen LogP contribution is -2.32. The molecule has 2 unspecified atom stereocenters. The summed E-state index contributed by atoms with van der Waals surface area (Å²) in [6, 6.07) is 5.40. The van der Waals surface area contributed by atoms with Crippen LogP contribution in [0.15, 0.2) is 23.1 Å². The Morgan fingerprint density at radius 3 is 2.32 bits per heavy atom. The van der Waals surface area contributed by atoms with Gasteiger partial charge in [0.15, 0.2) is 0 Å². The molecule has 3 rings (SSSR count). The van der Waals surface area contributed by atoms with E-state index in [1.165, 1.54) is 0 Å². The Hall–Kier alpha value is -0.910. The van der Waals surface area contributed by atoms with E-state index < -0.39 is 10.0 Å². The van der Waals surface area contributed by atoms with Crippen molar-refractivity contribution in [2.45, 2.75) is 18.7 Å². The maximum atomic E-state index is 12.6. The highest BCUT2D eigenvalue weighted by Crippen LogP contribution is 2.31. The molecule has 19 heavy (non-hydrogen) atoms. The van der Waals surface area contributed by atoms with Gasteiger partial charge < -0.3 is 5.32 Å². The number of benzene rings is 1. The Morgan fingerprint density at radius 2 is 1.74 bits per heavy atom. The number of nitrogens with zero attached hydrogens (tertiary/aromatic N) is 1. The van der Waals surface area contributed by atoms with Crippen molar-refractivity contribution in [2.24, 2.45) is 11.8 Å². The number of hydrogen-bond acceptors (Lipinski definition) is 3. The smallest absolute Gasteiger partial charge is 0.243 e. The van der Waals surface area contributed by atoms with Crippen LogP contribution in [0.5, 0.6) is 0 Å². The van der Waals surface area contributed by atoms with Gasteiger partial charge in [0.1, 0.15) is 0 Å². The van der Waals surface area contributed by atoms with Crippen LogP contribution in [0.4, 0.5) is 0 Å². The number of sulfonamides is 1. The minimum absolute atomic E-state index is 0.434. The summed E-state index contributed by atoms with van der Waals surface area (Å²) in [5.74, 6) is 0.975. The molecule has 0 bridgehead atoms. The summed E-state index contributed by atoms with van der Waals surface area (Å²) < 4.78 is 26.9. The molecule has 2 atom stereocenters. The molecule has 0 aromatic heterocycles. The fraction of sp³-hybridized carbons (Fsp3) is 0.571. The Morgan fingerprint density at radius 1 is 1.11 bits per heavy atom. The lowest BCUT2D eigenvalue weighted by atomic mass is 10.0. The summed E-state index contributed by atoms with van der Waals surface area (Å²) in [6.45, 7) is 7.17. The number of rotatable bonds is 2. The van der Waals surface area contributed by atoms with Gasteiger partial charge in [-0.1, -0.05) is 6.07 Å². The van der Waals surface area contributed by atoms with Crippen molar-refractivity contribution in [1.82, 2.24) is 9.62 Å². The third-order valence-electron chi connectivity index (χ3n) is 4.47. The molecule has 2 saturated heterocycles. The van der Waals surface area contributed by atoms with Crippen molar-refractivity contribution in [2.75, 3.05) is 26.2 Å². The molecule has 4 nitrogen and oxygen atoms in total. The second-order valence-corrected chi connectivity index (χ2v) is 7.68. The van der Waals surface area contributed by atoms with E-state index in [9.17, 15) is 8.42 Å². The normalized spacial score (nSPS) is 27.7. The van der Waals surface area contributed by atoms with Crippen LogP contribution in [-0.4, -0.2) is 38.9 Å². The highest BCUT2D eigenvalue weighted by atomic mass is 32.2. The number of hydrogen-bond donors (Lipinski definition) is 1. The molecule has 1 N–H and O–H groups in total. The zero-order valence-electron chi connectivity index (χ0n) is 11.4. The van der Waals surface area contributed by atoms with Gasteiger partial charge in [0.05, 0.1) is 4.90 Å². The summed E-state index contributed by atoms with van der Waals surface area (Å²) in [5.41, 5.74) is 2.16. The predicted octanol–water partition coefficient (Wildman–Crippen LogP) is 1.14. The first kappa shape index (κ1) is 13.1. The third-order valence-corrected chi connectivity index (χ3v) is 6.30. The van der Waals surface area contributed by atoms with E-state index >= 15 is 0 Å². The van der Waals surface area contributed by atoms with Gasteiger partial charge in [-0.2, -0.15) is 4.31 Å². The van der Waals surface area contributed by atoms with E-state index in [1.807, 2.05) is 19.9 Å². The van der Waals surface area contributed by atoms with Gasteiger partial charge in [0, 0.05) is 13.1 Å². The summed E-state index contributed by atoms with van der Waals surface area (Å²) in [6.07, 6.45) is 0. The van der Waals surface area contributed by atoms with E-state index in [-0.39, 0.29) is 0 Å². The summed E-state index contributed by atoms with van der Waals surface area (Å²) in [7, 11) is -3.31. The molecule has 5 heteroatoms. The Labute approximate surface area is 114 Å². The summed E-state index contributed by atoms with van der Waals surface area (Å²) in [4.78, 5) is 0.434. The van der Waals surface area contributed by atoms with E-state index in [4.69, 9.17) is 0 Å². The second-order valence-electron chi connectivity index (χ2n) is 5.75. The molecule has 104 valence electrons. The minimum Gasteiger partial charge on any atom is -0.316 e. The molecular formula is C14H20N2O2S. The van der Waals surface area contributed by atoms with Gasteiger partial charge in [-0.25, -0.2) is 8.42 Å². The Kier molecular flexibility index (Phi) is 3.15. The molecule has 0 aliphatic carbocycles. The van der Waals surface area contributed by atoms with Crippen LogP contribution in [0.2, 0.25) is 0 Å². The van der Waals surface area contributed by atoms with Crippen LogP contribution in [0.3, 0.4) is 0 Å². The highest BCUT2D eigenvalue weighted by Gasteiger charge is 2.41. The van der Waals surface area contributed by atoms with Crippen molar-refractivity contribution < 1.29 is 8.42 Å². The van der Waals surface area contributed by atoms with Crippen molar-refractivity contribution >= 4 is 10.0 Å². The van der Waals surface area contributed by atoms with Gasteiger partial charge in [-0.05, 0) is 62.0 Å². The number of nitrogens with one attached hydrogen (secondary N) is 1. The lowest BCUT2D eigenvalue weighted by molar-refractivity contribution is 0.448. The van der Waals surface area contributed by atoms with Gasteiger partial charge >= 0.3 is 0 Å². The van der Waals surface area contributed by atoms with Gasteiger partial charge in [0.25, 0.3) is 0 Å². The SMILES string of the molecule is Cc1ccc(S(=O)(=O)N2CC3CNCC3C2)cc1C. The van der Waals surface area contributed by atoms with Crippen molar-refractivity contribution in [3.8, 4) is 0 Å². The minimum atomic E-state index is -3.31. The van der Waals surface area contributed by atoms with Gasteiger partial charge in [0.2, 0.25) is 10.0 Å². The quantitative estimate of drug-likeness (QED) is 0.884. The molecule has 0 radical (unpaired) electrons. The maximum absolute atomic E-state index is 12.6. The molecule has 2 heterocycles. The van der Waals surface area contributed by atoms with Gasteiger partial charge in [-0.15, -0.1) is 0 Å². The van der Waals surface area contributed by atoms with Crippen LogP contribution in [0.1, 0.15) is 11.1 Å². The molecule has 2 aliphatic heterocycles. The molecule has 1 aromatic carbocycles. The zero-order chi connectivity index (χ0) is 13.6. The van der Waals surface area contributed by atoms with Crippen LogP contribution >= 0.6 is 0 Å². The highest BCUT2D eigenvalue weighted by molar-refractivity contribution is 7.89. The molecular weight excluding hydrogens is 260 g/mol. The van der Waals surface area contributed by atoms with Gasteiger partial charge in [-0.3, -0.25) is 0 Å². The molecule has 2 aliphatic rings. The van der Waals surface area contributed by atoms with E-state index in [1.54, 1.807) is 16.4 Å². The van der Waals surface area contributed by atoms with E-state index in [2.05, 4.69) is 5.32 Å². The standard InChI is InChI=1S/C14H20N2O2S/c1-10-3-4-14(5-11(10)2)19(17,18)16-8-12-6-15-7-13(12)9-16/h3-5,12-13,15H,6-9H2,1-2H3. The second kappa shape index (κ2) is 4.58. The van der Waals surface area contributed by atoms with E-state index in [0.717, 1.165) is 24.2 Å². The summed E-state index contributed by atoms with van der Waals surface area (Å²) in [5, 5.41) is 3.33. The van der Waals surface area contributed by atoms with Crippen LogP contribution in [0, 0.1) is 25.7 Å². The first-order valence-corrected chi connectivity index (χ1v) is 8.20. The summed E-state index contributed by atoms with van der Waals surface area (Å²) >= 11 is 0. The fourth-order valence-corrected chi connectivity index (χ4v) is 4.67. The average molecular weight is 280 g/mol. The number of fused-ring (bicyclic) bond motifs is 1. The molecule has 0 amide bonds. The molecule has 0 spiro atoms. The predicted molar refractivity (Wildman–Crippen MR) is 74.5 cm³/mol. The molecule has 1 aromatic rings. The van der Waals surface area contributed by atoms with E-state index in [0.29, 0.717) is 29.8 Å². The third kappa shape index (κ3) is 2.20. The van der Waals surface area contributed by atoms with Crippen molar-refractivity contribution in [1.29, 1.82) is 0 Å². The first-order valence-electron chi connectivity index (χ1n) is 6.76. The zero-order valence-corrected chi connectivity index (χ0v) is 12.2. The van der Waals surface area contributed by atoms with Crippen LogP contribution < -0.4 is 5.32 Å².